The highest BCUT2D eigenvalue weighted by atomic mass is 32.2. The zero-order valence-corrected chi connectivity index (χ0v) is 15.1. The highest BCUT2D eigenvalue weighted by Crippen LogP contribution is 2.38. The van der Waals surface area contributed by atoms with E-state index in [4.69, 9.17) is 4.74 Å². The molecule has 0 saturated heterocycles. The molecule has 1 heterocycles. The summed E-state index contributed by atoms with van der Waals surface area (Å²) >= 11 is 1.45. The summed E-state index contributed by atoms with van der Waals surface area (Å²) in [6, 6.07) is 5.89. The van der Waals surface area contributed by atoms with E-state index in [-0.39, 0.29) is 23.6 Å². The Kier molecular flexibility index (Phi) is 5.65. The average molecular weight is 333 g/mol. The predicted molar refractivity (Wildman–Crippen MR) is 94.2 cm³/mol. The normalized spacial score (nSPS) is 15.3. The first-order chi connectivity index (χ1) is 10.9. The number of amides is 2. The van der Waals surface area contributed by atoms with Crippen molar-refractivity contribution >= 4 is 29.1 Å². The van der Waals surface area contributed by atoms with Crippen molar-refractivity contribution in [3.05, 3.63) is 39.8 Å². The van der Waals surface area contributed by atoms with E-state index in [9.17, 15) is 9.59 Å². The molecule has 1 aromatic carbocycles. The average Bonchev–Trinajstić information content (AvgIpc) is 2.71. The summed E-state index contributed by atoms with van der Waals surface area (Å²) in [5, 5.41) is 0.227. The lowest BCUT2D eigenvalue weighted by atomic mass is 10.0. The largest absolute Gasteiger partial charge is 0.383 e. The van der Waals surface area contributed by atoms with Crippen LogP contribution >= 0.6 is 11.8 Å². The number of hydrogen-bond donors (Lipinski definition) is 0. The first-order valence-electron chi connectivity index (χ1n) is 7.70. The van der Waals surface area contributed by atoms with Crippen molar-refractivity contribution in [3.63, 3.8) is 0 Å². The maximum atomic E-state index is 12.8. The number of benzene rings is 1. The van der Waals surface area contributed by atoms with Gasteiger partial charge < -0.3 is 4.74 Å². The summed E-state index contributed by atoms with van der Waals surface area (Å²) in [7, 11) is 1.56. The molecule has 0 aliphatic carbocycles. The molecule has 2 amide bonds. The van der Waals surface area contributed by atoms with Crippen LogP contribution in [0.4, 0.5) is 0 Å². The second-order valence-electron chi connectivity index (χ2n) is 5.92. The Bertz CT molecular complexity index is 664. The molecule has 0 unspecified atom stereocenters. The SMILES string of the molecule is COCCN1C(=O)C(SC(C)C)=C(c2ccc(C)c(C)c2)C1=O. The van der Waals surface area contributed by atoms with Crippen LogP contribution in [-0.4, -0.2) is 42.2 Å². The van der Waals surface area contributed by atoms with E-state index in [0.717, 1.165) is 11.1 Å². The van der Waals surface area contributed by atoms with E-state index < -0.39 is 0 Å². The molecule has 0 saturated carbocycles. The number of ether oxygens (including phenoxy) is 1. The fourth-order valence-electron chi connectivity index (χ4n) is 2.44. The summed E-state index contributed by atoms with van der Waals surface area (Å²) in [4.78, 5) is 27.3. The molecule has 4 nitrogen and oxygen atoms in total. The molecule has 23 heavy (non-hydrogen) atoms. The van der Waals surface area contributed by atoms with E-state index in [0.29, 0.717) is 17.1 Å². The third kappa shape index (κ3) is 3.67. The number of carbonyl (C=O) groups is 2. The van der Waals surface area contributed by atoms with Gasteiger partial charge >= 0.3 is 0 Å². The van der Waals surface area contributed by atoms with Gasteiger partial charge in [-0.1, -0.05) is 32.0 Å². The monoisotopic (exact) mass is 333 g/mol. The second-order valence-corrected chi connectivity index (χ2v) is 7.51. The van der Waals surface area contributed by atoms with Gasteiger partial charge in [0.1, 0.15) is 0 Å². The Morgan fingerprint density at radius 1 is 1.13 bits per heavy atom. The summed E-state index contributed by atoms with van der Waals surface area (Å²) in [5.74, 6) is -0.433. The van der Waals surface area contributed by atoms with Crippen molar-refractivity contribution in [2.24, 2.45) is 0 Å². The highest BCUT2D eigenvalue weighted by Gasteiger charge is 2.39. The number of imide groups is 1. The number of nitrogens with zero attached hydrogens (tertiary/aromatic N) is 1. The molecular formula is C18H23NO3S. The number of rotatable bonds is 6. The molecule has 0 bridgehead atoms. The van der Waals surface area contributed by atoms with Crippen LogP contribution in [0.1, 0.15) is 30.5 Å². The molecule has 0 radical (unpaired) electrons. The smallest absolute Gasteiger partial charge is 0.268 e. The third-order valence-electron chi connectivity index (χ3n) is 3.79. The Hall–Kier alpha value is -1.59. The maximum absolute atomic E-state index is 12.8. The van der Waals surface area contributed by atoms with E-state index in [1.807, 2.05) is 45.9 Å². The molecule has 0 atom stereocenters. The van der Waals surface area contributed by atoms with Crippen LogP contribution < -0.4 is 0 Å². The number of carbonyl (C=O) groups excluding carboxylic acids is 2. The first-order valence-corrected chi connectivity index (χ1v) is 8.58. The summed E-state index contributed by atoms with van der Waals surface area (Å²) < 4.78 is 5.02. The zero-order chi connectivity index (χ0) is 17.1. The fourth-order valence-corrected chi connectivity index (χ4v) is 3.44. The van der Waals surface area contributed by atoms with Gasteiger partial charge in [0.15, 0.2) is 0 Å². The summed E-state index contributed by atoms with van der Waals surface area (Å²) in [6.07, 6.45) is 0. The van der Waals surface area contributed by atoms with Gasteiger partial charge in [0.2, 0.25) is 0 Å². The number of aryl methyl sites for hydroxylation is 2. The van der Waals surface area contributed by atoms with Crippen molar-refractivity contribution in [1.82, 2.24) is 4.90 Å². The van der Waals surface area contributed by atoms with Gasteiger partial charge in [-0.05, 0) is 30.5 Å². The molecule has 5 heteroatoms. The van der Waals surface area contributed by atoms with Gasteiger partial charge in [-0.15, -0.1) is 11.8 Å². The molecule has 124 valence electrons. The Balaban J connectivity index is 2.48. The molecule has 0 aromatic heterocycles. The summed E-state index contributed by atoms with van der Waals surface area (Å²) in [6.45, 7) is 8.71. The first kappa shape index (κ1) is 17.8. The van der Waals surface area contributed by atoms with E-state index in [2.05, 4.69) is 0 Å². The highest BCUT2D eigenvalue weighted by molar-refractivity contribution is 8.04. The zero-order valence-electron chi connectivity index (χ0n) is 14.3. The minimum atomic E-state index is -0.224. The minimum Gasteiger partial charge on any atom is -0.383 e. The van der Waals surface area contributed by atoms with Crippen LogP contribution in [-0.2, 0) is 14.3 Å². The van der Waals surface area contributed by atoms with Crippen LogP contribution in [0.5, 0.6) is 0 Å². The van der Waals surface area contributed by atoms with E-state index in [1.165, 1.54) is 22.2 Å². The van der Waals surface area contributed by atoms with Gasteiger partial charge in [-0.2, -0.15) is 0 Å². The maximum Gasteiger partial charge on any atom is 0.268 e. The molecule has 0 N–H and O–H groups in total. The van der Waals surface area contributed by atoms with Gasteiger partial charge in [-0.25, -0.2) is 0 Å². The topological polar surface area (TPSA) is 46.6 Å². The Morgan fingerprint density at radius 2 is 1.83 bits per heavy atom. The predicted octanol–water partition coefficient (Wildman–Crippen LogP) is 3.17. The Morgan fingerprint density at radius 3 is 2.39 bits per heavy atom. The molecular weight excluding hydrogens is 310 g/mol. The Labute approximate surface area is 141 Å². The van der Waals surface area contributed by atoms with Gasteiger partial charge in [0.25, 0.3) is 11.8 Å². The van der Waals surface area contributed by atoms with Crippen molar-refractivity contribution in [1.29, 1.82) is 0 Å². The van der Waals surface area contributed by atoms with Crippen LogP contribution in [0.25, 0.3) is 5.57 Å². The number of hydrogen-bond acceptors (Lipinski definition) is 4. The van der Waals surface area contributed by atoms with Crippen molar-refractivity contribution < 1.29 is 14.3 Å². The molecule has 1 aliphatic heterocycles. The van der Waals surface area contributed by atoms with Gasteiger partial charge in [-0.3, -0.25) is 14.5 Å². The van der Waals surface area contributed by atoms with E-state index >= 15 is 0 Å². The standard InChI is InChI=1S/C18H23NO3S/c1-11(2)23-16-15(14-7-6-12(3)13(4)10-14)17(20)19(18(16)21)8-9-22-5/h6-7,10-11H,8-9H2,1-5H3. The number of thioether (sulfide) groups is 1. The van der Waals surface area contributed by atoms with Crippen LogP contribution in [0.15, 0.2) is 23.1 Å². The lowest BCUT2D eigenvalue weighted by molar-refractivity contribution is -0.137. The van der Waals surface area contributed by atoms with Crippen molar-refractivity contribution in [3.8, 4) is 0 Å². The number of methoxy groups -OCH3 is 1. The lowest BCUT2D eigenvalue weighted by Crippen LogP contribution is -2.34. The lowest BCUT2D eigenvalue weighted by Gasteiger charge is -2.14. The van der Waals surface area contributed by atoms with Crippen LogP contribution in [0, 0.1) is 13.8 Å². The molecule has 0 fully saturated rings. The summed E-state index contributed by atoms with van der Waals surface area (Å²) in [5.41, 5.74) is 3.61. The third-order valence-corrected chi connectivity index (χ3v) is 4.88. The minimum absolute atomic E-state index is 0.209. The fraction of sp³-hybridized carbons (Fsp3) is 0.444. The van der Waals surface area contributed by atoms with Crippen LogP contribution in [0.3, 0.4) is 0 Å². The second kappa shape index (κ2) is 7.32. The quantitative estimate of drug-likeness (QED) is 0.750. The molecule has 1 aromatic rings. The van der Waals surface area contributed by atoms with Gasteiger partial charge in [0.05, 0.1) is 23.6 Å². The van der Waals surface area contributed by atoms with Gasteiger partial charge in [0, 0.05) is 12.4 Å². The molecule has 0 spiro atoms. The van der Waals surface area contributed by atoms with E-state index in [1.54, 1.807) is 7.11 Å². The van der Waals surface area contributed by atoms with Crippen LogP contribution in [0.2, 0.25) is 0 Å². The van der Waals surface area contributed by atoms with Crippen molar-refractivity contribution in [2.75, 3.05) is 20.3 Å². The molecule has 1 aliphatic rings. The van der Waals surface area contributed by atoms with Crippen molar-refractivity contribution in [2.45, 2.75) is 32.9 Å². The molecule has 2 rings (SSSR count).